The molecule has 0 bridgehead atoms. The zero-order valence-corrected chi connectivity index (χ0v) is 8.38. The highest BCUT2D eigenvalue weighted by molar-refractivity contribution is 5.35. The molecule has 1 rings (SSSR count). The van der Waals surface area contributed by atoms with Gasteiger partial charge in [0.05, 0.1) is 6.10 Å². The van der Waals surface area contributed by atoms with Crippen molar-refractivity contribution in [1.29, 1.82) is 0 Å². The number of nitrogens with two attached hydrogens (primary N) is 1. The second kappa shape index (κ2) is 5.74. The van der Waals surface area contributed by atoms with Crippen LogP contribution in [0.4, 0.5) is 8.78 Å². The lowest BCUT2D eigenvalue weighted by atomic mass is 10.0. The van der Waals surface area contributed by atoms with Crippen LogP contribution < -0.4 is 10.5 Å². The summed E-state index contributed by atoms with van der Waals surface area (Å²) in [7, 11) is 0. The van der Waals surface area contributed by atoms with Gasteiger partial charge in [-0.1, -0.05) is 18.2 Å². The smallest absolute Gasteiger partial charge is 0.387 e. The van der Waals surface area contributed by atoms with Crippen LogP contribution in [0.5, 0.6) is 5.75 Å². The lowest BCUT2D eigenvalue weighted by molar-refractivity contribution is -0.0536. The highest BCUT2D eigenvalue weighted by Gasteiger charge is 2.21. The van der Waals surface area contributed by atoms with Gasteiger partial charge in [-0.2, -0.15) is 8.78 Å². The van der Waals surface area contributed by atoms with Crippen LogP contribution in [0, 0.1) is 0 Å². The predicted molar refractivity (Wildman–Crippen MR) is 53.1 cm³/mol. The van der Waals surface area contributed by atoms with Crippen molar-refractivity contribution in [2.45, 2.75) is 18.8 Å². The van der Waals surface area contributed by atoms with E-state index in [1.54, 1.807) is 6.07 Å². The van der Waals surface area contributed by atoms with Crippen molar-refractivity contribution in [1.82, 2.24) is 0 Å². The molecule has 1 aromatic carbocycles. The summed E-state index contributed by atoms with van der Waals surface area (Å²) in [4.78, 5) is 0. The maximum Gasteiger partial charge on any atom is 0.387 e. The van der Waals surface area contributed by atoms with Gasteiger partial charge in [0.1, 0.15) is 11.9 Å². The molecule has 2 atom stereocenters. The Morgan fingerprint density at radius 3 is 2.44 bits per heavy atom. The van der Waals surface area contributed by atoms with E-state index in [1.807, 2.05) is 0 Å². The molecule has 4 N–H and O–H groups in total. The number of benzene rings is 1. The topological polar surface area (TPSA) is 75.7 Å². The minimum Gasteiger partial charge on any atom is -0.434 e. The average molecular weight is 233 g/mol. The van der Waals surface area contributed by atoms with Crippen molar-refractivity contribution in [3.63, 3.8) is 0 Å². The average Bonchev–Trinajstić information content (AvgIpc) is 2.27. The van der Waals surface area contributed by atoms with Gasteiger partial charge in [-0.3, -0.25) is 0 Å². The third-order valence-electron chi connectivity index (χ3n) is 2.06. The molecule has 1 aromatic rings. The van der Waals surface area contributed by atoms with E-state index in [4.69, 9.17) is 5.73 Å². The van der Waals surface area contributed by atoms with Crippen molar-refractivity contribution in [3.8, 4) is 5.75 Å². The van der Waals surface area contributed by atoms with Crippen molar-refractivity contribution in [3.05, 3.63) is 29.8 Å². The first-order valence-electron chi connectivity index (χ1n) is 4.66. The SMILES string of the molecule is NCC(O)C(O)c1ccccc1OC(F)F. The van der Waals surface area contributed by atoms with E-state index in [0.717, 1.165) is 0 Å². The molecule has 0 aliphatic carbocycles. The number of hydrogen-bond acceptors (Lipinski definition) is 4. The van der Waals surface area contributed by atoms with E-state index in [2.05, 4.69) is 4.74 Å². The number of alkyl halides is 2. The number of halogens is 2. The van der Waals surface area contributed by atoms with Gasteiger partial charge >= 0.3 is 6.61 Å². The molecule has 6 heteroatoms. The molecule has 4 nitrogen and oxygen atoms in total. The first kappa shape index (κ1) is 12.8. The molecule has 0 spiro atoms. The van der Waals surface area contributed by atoms with Gasteiger partial charge in [0.15, 0.2) is 0 Å². The Morgan fingerprint density at radius 1 is 1.25 bits per heavy atom. The number of aliphatic hydroxyl groups is 2. The molecule has 2 unspecified atom stereocenters. The van der Waals surface area contributed by atoms with Crippen LogP contribution in [-0.2, 0) is 0 Å². The van der Waals surface area contributed by atoms with Crippen molar-refractivity contribution < 1.29 is 23.7 Å². The van der Waals surface area contributed by atoms with Crippen LogP contribution >= 0.6 is 0 Å². The number of hydrogen-bond donors (Lipinski definition) is 3. The van der Waals surface area contributed by atoms with Crippen LogP contribution in [-0.4, -0.2) is 29.5 Å². The van der Waals surface area contributed by atoms with Crippen LogP contribution in [0.25, 0.3) is 0 Å². The second-order valence-corrected chi connectivity index (χ2v) is 3.16. The summed E-state index contributed by atoms with van der Waals surface area (Å²) < 4.78 is 28.3. The minimum absolute atomic E-state index is 0.0840. The minimum atomic E-state index is -2.98. The number of ether oxygens (including phenoxy) is 1. The quantitative estimate of drug-likeness (QED) is 0.697. The lowest BCUT2D eigenvalue weighted by Gasteiger charge is -2.19. The highest BCUT2D eigenvalue weighted by Crippen LogP contribution is 2.28. The van der Waals surface area contributed by atoms with E-state index in [1.165, 1.54) is 18.2 Å². The number of aliphatic hydroxyl groups excluding tert-OH is 2. The Bertz CT molecular complexity index is 336. The van der Waals surface area contributed by atoms with E-state index in [9.17, 15) is 19.0 Å². The van der Waals surface area contributed by atoms with Gasteiger partial charge in [0.2, 0.25) is 0 Å². The van der Waals surface area contributed by atoms with Gasteiger partial charge in [0.25, 0.3) is 0 Å². The highest BCUT2D eigenvalue weighted by atomic mass is 19.3. The molecule has 0 radical (unpaired) electrons. The third kappa shape index (κ3) is 3.13. The fourth-order valence-corrected chi connectivity index (χ4v) is 1.26. The normalized spacial score (nSPS) is 14.9. The Labute approximate surface area is 91.3 Å². The van der Waals surface area contributed by atoms with E-state index < -0.39 is 18.8 Å². The van der Waals surface area contributed by atoms with Crippen LogP contribution in [0.15, 0.2) is 24.3 Å². The van der Waals surface area contributed by atoms with Crippen molar-refractivity contribution in [2.75, 3.05) is 6.54 Å². The van der Waals surface area contributed by atoms with Gasteiger partial charge in [-0.15, -0.1) is 0 Å². The Hall–Kier alpha value is -1.24. The maximum atomic E-state index is 12.1. The monoisotopic (exact) mass is 233 g/mol. The first-order valence-corrected chi connectivity index (χ1v) is 4.66. The molecule has 0 saturated heterocycles. The predicted octanol–water partition coefficient (Wildman–Crippen LogP) is 0.641. The molecule has 0 aliphatic heterocycles. The van der Waals surface area contributed by atoms with E-state index in [0.29, 0.717) is 0 Å². The fourth-order valence-electron chi connectivity index (χ4n) is 1.26. The van der Waals surface area contributed by atoms with Gasteiger partial charge in [-0.25, -0.2) is 0 Å². The zero-order valence-electron chi connectivity index (χ0n) is 8.38. The summed E-state index contributed by atoms with van der Waals surface area (Å²) in [6, 6.07) is 5.71. The molecule has 0 aromatic heterocycles. The largest absolute Gasteiger partial charge is 0.434 e. The van der Waals surface area contributed by atoms with Crippen molar-refractivity contribution >= 4 is 0 Å². The molecule has 0 heterocycles. The van der Waals surface area contributed by atoms with E-state index in [-0.39, 0.29) is 17.9 Å². The molecule has 0 fully saturated rings. The Balaban J connectivity index is 2.93. The third-order valence-corrected chi connectivity index (χ3v) is 2.06. The number of rotatable bonds is 5. The van der Waals surface area contributed by atoms with Gasteiger partial charge < -0.3 is 20.7 Å². The Morgan fingerprint density at radius 2 is 1.88 bits per heavy atom. The molecule has 0 aliphatic rings. The molecule has 0 saturated carbocycles. The van der Waals surface area contributed by atoms with Crippen LogP contribution in [0.2, 0.25) is 0 Å². The molecular weight excluding hydrogens is 220 g/mol. The van der Waals surface area contributed by atoms with E-state index >= 15 is 0 Å². The standard InChI is InChI=1S/C10H13F2NO3/c11-10(12)16-8-4-2-1-3-6(8)9(15)7(14)5-13/h1-4,7,9-10,14-15H,5,13H2. The fraction of sp³-hybridized carbons (Fsp3) is 0.400. The zero-order chi connectivity index (χ0) is 12.1. The van der Waals surface area contributed by atoms with Crippen LogP contribution in [0.1, 0.15) is 11.7 Å². The summed E-state index contributed by atoms with van der Waals surface area (Å²) in [5.74, 6) is -0.169. The summed E-state index contributed by atoms with van der Waals surface area (Å²) >= 11 is 0. The Kier molecular flexibility index (Phi) is 4.60. The van der Waals surface area contributed by atoms with Crippen molar-refractivity contribution in [2.24, 2.45) is 5.73 Å². The molecule has 16 heavy (non-hydrogen) atoms. The molecular formula is C10H13F2NO3. The van der Waals surface area contributed by atoms with Gasteiger partial charge in [-0.05, 0) is 6.07 Å². The summed E-state index contributed by atoms with van der Waals surface area (Å²) in [5, 5.41) is 18.9. The summed E-state index contributed by atoms with van der Waals surface area (Å²) in [6.45, 7) is -3.16. The van der Waals surface area contributed by atoms with Crippen LogP contribution in [0.3, 0.4) is 0 Å². The second-order valence-electron chi connectivity index (χ2n) is 3.16. The summed E-state index contributed by atoms with van der Waals surface area (Å²) in [5.41, 5.74) is 5.25. The lowest BCUT2D eigenvalue weighted by Crippen LogP contribution is -2.27. The first-order chi connectivity index (χ1) is 7.56. The number of para-hydroxylation sites is 1. The maximum absolute atomic E-state index is 12.1. The molecule has 0 amide bonds. The van der Waals surface area contributed by atoms with Gasteiger partial charge in [0, 0.05) is 12.1 Å². The summed E-state index contributed by atoms with van der Waals surface area (Å²) in [6.07, 6.45) is -2.57. The molecule has 90 valence electrons.